The van der Waals surface area contributed by atoms with E-state index in [1.807, 2.05) is 12.1 Å². The van der Waals surface area contributed by atoms with Gasteiger partial charge in [0, 0.05) is 18.6 Å². The highest BCUT2D eigenvalue weighted by Crippen LogP contribution is 2.40. The van der Waals surface area contributed by atoms with E-state index >= 15 is 0 Å². The molecule has 310 valence electrons. The number of phenolic OH excluding ortho intramolecular Hbond substituents is 1. The van der Waals surface area contributed by atoms with Crippen LogP contribution in [0.4, 0.5) is 0 Å². The van der Waals surface area contributed by atoms with Gasteiger partial charge in [-0.15, -0.1) is 0 Å². The average molecular weight is 773 g/mol. The normalized spacial score (nSPS) is 12.0. The van der Waals surface area contributed by atoms with Gasteiger partial charge < -0.3 is 57.6 Å². The van der Waals surface area contributed by atoms with E-state index in [-0.39, 0.29) is 49.6 Å². The van der Waals surface area contributed by atoms with Crippen molar-refractivity contribution in [1.29, 1.82) is 0 Å². The molecule has 0 fully saturated rings. The summed E-state index contributed by atoms with van der Waals surface area (Å²) in [6, 6.07) is 3.98. The molecule has 0 bridgehead atoms. The molecule has 1 aromatic carbocycles. The molecule has 15 heteroatoms. The maximum atomic E-state index is 12.3. The molecule has 0 aromatic heterocycles. The minimum Gasteiger partial charge on any atom is -0.507 e. The quantitative estimate of drug-likeness (QED) is 0.0613. The van der Waals surface area contributed by atoms with Crippen LogP contribution < -0.4 is 0 Å². The number of aliphatic carboxylic acids is 1. The van der Waals surface area contributed by atoms with E-state index in [2.05, 4.69) is 41.5 Å². The van der Waals surface area contributed by atoms with Gasteiger partial charge >= 0.3 is 17.9 Å². The number of hydrogen-bond donors (Lipinski definition) is 2. The number of aryl methyl sites for hydroxylation is 1. The maximum absolute atomic E-state index is 12.3. The predicted molar refractivity (Wildman–Crippen MR) is 199 cm³/mol. The fourth-order valence-corrected chi connectivity index (χ4v) is 4.55. The molecule has 0 aliphatic heterocycles. The van der Waals surface area contributed by atoms with E-state index in [4.69, 9.17) is 52.5 Å². The summed E-state index contributed by atoms with van der Waals surface area (Å²) in [4.78, 5) is 33.8. The van der Waals surface area contributed by atoms with Crippen molar-refractivity contribution in [2.75, 3.05) is 119 Å². The molecule has 0 aliphatic carbocycles. The molecule has 0 aliphatic rings. The van der Waals surface area contributed by atoms with E-state index in [9.17, 15) is 19.5 Å². The van der Waals surface area contributed by atoms with Crippen molar-refractivity contribution in [2.45, 2.75) is 65.2 Å². The zero-order valence-corrected chi connectivity index (χ0v) is 33.2. The molecule has 0 spiro atoms. The lowest BCUT2D eigenvalue weighted by Gasteiger charge is -2.28. The van der Waals surface area contributed by atoms with Crippen molar-refractivity contribution >= 4 is 17.9 Å². The van der Waals surface area contributed by atoms with Crippen molar-refractivity contribution in [3.8, 4) is 5.75 Å². The molecule has 0 saturated carbocycles. The number of hydrogen-bond acceptors (Lipinski definition) is 14. The molecule has 0 unspecified atom stereocenters. The first-order chi connectivity index (χ1) is 25.7. The maximum Gasteiger partial charge on any atom is 0.331 e. The molecule has 15 nitrogen and oxygen atoms in total. The molecule has 54 heavy (non-hydrogen) atoms. The molecule has 0 heterocycles. The lowest BCUT2D eigenvalue weighted by atomic mass is 9.78. The number of carboxylic acids is 1. The third kappa shape index (κ3) is 25.8. The first kappa shape index (κ1) is 48.9. The molecular weight excluding hydrogens is 708 g/mol. The van der Waals surface area contributed by atoms with Crippen LogP contribution in [0.25, 0.3) is 0 Å². The second-order valence-corrected chi connectivity index (χ2v) is 14.0. The van der Waals surface area contributed by atoms with Crippen molar-refractivity contribution in [3.05, 3.63) is 41.0 Å². The van der Waals surface area contributed by atoms with Crippen LogP contribution in [0.15, 0.2) is 24.3 Å². The highest BCUT2D eigenvalue weighted by atomic mass is 16.6. The highest BCUT2D eigenvalue weighted by Gasteiger charge is 2.26. The molecule has 1 aromatic rings. The first-order valence-corrected chi connectivity index (χ1v) is 18.4. The van der Waals surface area contributed by atoms with Crippen LogP contribution in [-0.2, 0) is 79.0 Å². The second-order valence-electron chi connectivity index (χ2n) is 14.0. The molecule has 0 amide bonds. The number of carboxylic acid groups (broad SMARTS) is 1. The summed E-state index contributed by atoms with van der Waals surface area (Å²) in [5.41, 5.74) is 2.31. The van der Waals surface area contributed by atoms with Crippen LogP contribution in [0.2, 0.25) is 0 Å². The molecule has 1 rings (SSSR count). The summed E-state index contributed by atoms with van der Waals surface area (Å²) < 4.78 is 53.5. The number of aromatic hydroxyl groups is 1. The van der Waals surface area contributed by atoms with Crippen LogP contribution in [0.5, 0.6) is 5.75 Å². The van der Waals surface area contributed by atoms with E-state index in [1.165, 1.54) is 0 Å². The Morgan fingerprint density at radius 1 is 0.519 bits per heavy atom. The minimum absolute atomic E-state index is 0.0216. The SMILES string of the molecule is CC(C)(C)c1cc(CCC(=O)OCCOCCOCCOCCOCCOCCOCCOCCOCCOC(=O)/C=C\C(=O)O)cc(C(C)(C)C)c1O. The standard InChI is InChI=1S/C39H64O15/c1-38(2,3)32-29-31(30-33(37(32)44)39(4,5)6)7-9-35(42)53-27-25-51-23-21-49-19-17-47-15-13-45-11-12-46-14-16-48-18-20-50-22-24-52-26-28-54-36(43)10-8-34(40)41/h8,10,29-30,44H,7,9,11-28H2,1-6H3,(H,40,41)/b10-8-. The smallest absolute Gasteiger partial charge is 0.331 e. The summed E-state index contributed by atoms with van der Waals surface area (Å²) in [6.45, 7) is 18.9. The minimum atomic E-state index is -1.22. The summed E-state index contributed by atoms with van der Waals surface area (Å²) >= 11 is 0. The number of benzene rings is 1. The van der Waals surface area contributed by atoms with Crippen molar-refractivity contribution < 1.29 is 72.0 Å². The Balaban J connectivity index is 1.86. The summed E-state index contributed by atoms with van der Waals surface area (Å²) in [5.74, 6) is -1.92. The van der Waals surface area contributed by atoms with Gasteiger partial charge in [-0.25, -0.2) is 9.59 Å². The third-order valence-corrected chi connectivity index (χ3v) is 7.33. The van der Waals surface area contributed by atoms with E-state index in [0.29, 0.717) is 111 Å². The topological polar surface area (TPSA) is 184 Å². The van der Waals surface area contributed by atoms with Crippen molar-refractivity contribution in [3.63, 3.8) is 0 Å². The van der Waals surface area contributed by atoms with Gasteiger partial charge in [-0.05, 0) is 33.9 Å². The Morgan fingerprint density at radius 2 is 0.833 bits per heavy atom. The van der Waals surface area contributed by atoms with Crippen LogP contribution in [0.1, 0.15) is 64.7 Å². The second kappa shape index (κ2) is 29.2. The molecule has 0 atom stereocenters. The lowest BCUT2D eigenvalue weighted by molar-refractivity contribution is -0.145. The van der Waals surface area contributed by atoms with Gasteiger partial charge in [-0.1, -0.05) is 53.7 Å². The highest BCUT2D eigenvalue weighted by molar-refractivity contribution is 5.90. The summed E-state index contributed by atoms with van der Waals surface area (Å²) in [6.07, 6.45) is 2.32. The van der Waals surface area contributed by atoms with Crippen LogP contribution in [0, 0.1) is 0 Å². The predicted octanol–water partition coefficient (Wildman–Crippen LogP) is 3.78. The average Bonchev–Trinajstić information content (AvgIpc) is 3.10. The number of rotatable bonds is 32. The van der Waals surface area contributed by atoms with Gasteiger partial charge in [0.05, 0.1) is 106 Å². The van der Waals surface area contributed by atoms with E-state index in [1.54, 1.807) is 0 Å². The number of esters is 2. The zero-order chi connectivity index (χ0) is 40.1. The summed E-state index contributed by atoms with van der Waals surface area (Å²) in [5, 5.41) is 19.3. The van der Waals surface area contributed by atoms with Gasteiger partial charge in [0.2, 0.25) is 0 Å². The van der Waals surface area contributed by atoms with Gasteiger partial charge in [0.1, 0.15) is 19.0 Å². The zero-order valence-electron chi connectivity index (χ0n) is 33.2. The van der Waals surface area contributed by atoms with Crippen LogP contribution >= 0.6 is 0 Å². The number of carbonyl (C=O) groups excluding carboxylic acids is 2. The van der Waals surface area contributed by atoms with E-state index < -0.39 is 11.9 Å². The molecular formula is C39H64O15. The van der Waals surface area contributed by atoms with Crippen molar-refractivity contribution in [1.82, 2.24) is 0 Å². The largest absolute Gasteiger partial charge is 0.507 e. The number of ether oxygens (including phenoxy) is 10. The Kier molecular flexibility index (Phi) is 26.4. The summed E-state index contributed by atoms with van der Waals surface area (Å²) in [7, 11) is 0. The van der Waals surface area contributed by atoms with Gasteiger partial charge in [0.15, 0.2) is 0 Å². The number of phenols is 1. The van der Waals surface area contributed by atoms with E-state index in [0.717, 1.165) is 22.8 Å². The van der Waals surface area contributed by atoms with Crippen molar-refractivity contribution in [2.24, 2.45) is 0 Å². The number of carbonyl (C=O) groups is 3. The molecule has 0 saturated heterocycles. The molecule has 2 N–H and O–H groups in total. The lowest BCUT2D eigenvalue weighted by Crippen LogP contribution is -2.18. The fraction of sp³-hybridized carbons (Fsp3) is 0.718. The monoisotopic (exact) mass is 772 g/mol. The van der Waals surface area contributed by atoms with Gasteiger partial charge in [-0.3, -0.25) is 4.79 Å². The Morgan fingerprint density at radius 3 is 1.15 bits per heavy atom. The Labute approximate surface area is 320 Å². The fourth-order valence-electron chi connectivity index (χ4n) is 4.55. The molecule has 0 radical (unpaired) electrons. The first-order valence-electron chi connectivity index (χ1n) is 18.4. The third-order valence-electron chi connectivity index (χ3n) is 7.33. The Hall–Kier alpha value is -3.15. The van der Waals surface area contributed by atoms with Crippen LogP contribution in [0.3, 0.4) is 0 Å². The van der Waals surface area contributed by atoms with Gasteiger partial charge in [0.25, 0.3) is 0 Å². The van der Waals surface area contributed by atoms with Gasteiger partial charge in [-0.2, -0.15) is 0 Å². The van der Waals surface area contributed by atoms with Crippen LogP contribution in [-0.4, -0.2) is 147 Å². The Bertz CT molecular complexity index is 1170.